The standard InChI is InChI=1S/C12H12ClN3OS/c1-16-11(8(13)7-14-16)12(17)15-9-5-3-4-6-10(9)18-2/h3-7H,1-2H3,(H,15,17). The summed E-state index contributed by atoms with van der Waals surface area (Å²) in [6.07, 6.45) is 3.42. The second-order valence-electron chi connectivity index (χ2n) is 3.62. The SMILES string of the molecule is CSc1ccccc1NC(=O)c1c(Cl)cnn1C. The second kappa shape index (κ2) is 5.46. The van der Waals surface area contributed by atoms with Crippen molar-refractivity contribution in [1.29, 1.82) is 0 Å². The lowest BCUT2D eigenvalue weighted by molar-refractivity contribution is 0.101. The summed E-state index contributed by atoms with van der Waals surface area (Å²) in [7, 11) is 1.68. The van der Waals surface area contributed by atoms with Crippen LogP contribution in [0.25, 0.3) is 0 Å². The molecule has 0 saturated heterocycles. The van der Waals surface area contributed by atoms with Gasteiger partial charge in [-0.2, -0.15) is 5.10 Å². The summed E-state index contributed by atoms with van der Waals surface area (Å²) in [6.45, 7) is 0. The van der Waals surface area contributed by atoms with E-state index in [-0.39, 0.29) is 5.91 Å². The van der Waals surface area contributed by atoms with Crippen LogP contribution in [0.1, 0.15) is 10.5 Å². The quantitative estimate of drug-likeness (QED) is 0.880. The van der Waals surface area contributed by atoms with Gasteiger partial charge in [-0.1, -0.05) is 23.7 Å². The fraction of sp³-hybridized carbons (Fsp3) is 0.167. The lowest BCUT2D eigenvalue weighted by Gasteiger charge is -2.09. The Morgan fingerprint density at radius 2 is 2.17 bits per heavy atom. The number of rotatable bonds is 3. The van der Waals surface area contributed by atoms with Gasteiger partial charge in [0.05, 0.1) is 16.9 Å². The molecule has 1 N–H and O–H groups in total. The smallest absolute Gasteiger partial charge is 0.275 e. The second-order valence-corrected chi connectivity index (χ2v) is 4.87. The molecule has 2 aromatic rings. The van der Waals surface area contributed by atoms with Crippen molar-refractivity contribution in [3.8, 4) is 0 Å². The van der Waals surface area contributed by atoms with Gasteiger partial charge in [0.2, 0.25) is 0 Å². The van der Waals surface area contributed by atoms with E-state index < -0.39 is 0 Å². The molecule has 0 spiro atoms. The maximum absolute atomic E-state index is 12.1. The van der Waals surface area contributed by atoms with Crippen LogP contribution in [0.5, 0.6) is 0 Å². The van der Waals surface area contributed by atoms with Crippen LogP contribution in [0, 0.1) is 0 Å². The van der Waals surface area contributed by atoms with Crippen molar-refractivity contribution in [3.05, 3.63) is 41.2 Å². The van der Waals surface area contributed by atoms with Crippen molar-refractivity contribution in [2.24, 2.45) is 7.05 Å². The minimum Gasteiger partial charge on any atom is -0.320 e. The van der Waals surface area contributed by atoms with Crippen molar-refractivity contribution in [1.82, 2.24) is 9.78 Å². The number of para-hydroxylation sites is 1. The van der Waals surface area contributed by atoms with Crippen LogP contribution in [0.2, 0.25) is 5.02 Å². The molecule has 1 aromatic carbocycles. The van der Waals surface area contributed by atoms with Gasteiger partial charge in [0.1, 0.15) is 5.69 Å². The minimum absolute atomic E-state index is 0.262. The zero-order valence-electron chi connectivity index (χ0n) is 9.98. The molecule has 0 fully saturated rings. The van der Waals surface area contributed by atoms with E-state index in [1.54, 1.807) is 18.8 Å². The first-order chi connectivity index (χ1) is 8.63. The number of carbonyl (C=O) groups is 1. The van der Waals surface area contributed by atoms with E-state index in [0.29, 0.717) is 10.7 Å². The minimum atomic E-state index is -0.262. The maximum atomic E-state index is 12.1. The highest BCUT2D eigenvalue weighted by Crippen LogP contribution is 2.25. The number of aryl methyl sites for hydroxylation is 1. The predicted molar refractivity (Wildman–Crippen MR) is 74.4 cm³/mol. The van der Waals surface area contributed by atoms with Crippen LogP contribution >= 0.6 is 23.4 Å². The average molecular weight is 282 g/mol. The molecular formula is C12H12ClN3OS. The third-order valence-corrected chi connectivity index (χ3v) is 3.54. The number of carbonyl (C=O) groups excluding carboxylic acids is 1. The van der Waals surface area contributed by atoms with Crippen molar-refractivity contribution in [3.63, 3.8) is 0 Å². The molecule has 1 heterocycles. The first-order valence-electron chi connectivity index (χ1n) is 5.25. The summed E-state index contributed by atoms with van der Waals surface area (Å²) in [5.41, 5.74) is 1.12. The Morgan fingerprint density at radius 3 is 2.78 bits per heavy atom. The van der Waals surface area contributed by atoms with Gasteiger partial charge in [-0.15, -0.1) is 11.8 Å². The molecular weight excluding hydrogens is 270 g/mol. The Hall–Kier alpha value is -1.46. The largest absolute Gasteiger partial charge is 0.320 e. The first kappa shape index (κ1) is 13.0. The molecule has 94 valence electrons. The summed E-state index contributed by atoms with van der Waals surface area (Å²) >= 11 is 7.50. The number of nitrogens with one attached hydrogen (secondary N) is 1. The maximum Gasteiger partial charge on any atom is 0.275 e. The Bertz CT molecular complexity index is 563. The van der Waals surface area contributed by atoms with Gasteiger partial charge >= 0.3 is 0 Å². The third-order valence-electron chi connectivity index (χ3n) is 2.46. The molecule has 0 unspecified atom stereocenters. The monoisotopic (exact) mass is 281 g/mol. The number of hydrogen-bond acceptors (Lipinski definition) is 3. The third kappa shape index (κ3) is 2.52. The van der Waals surface area contributed by atoms with Crippen molar-refractivity contribution >= 4 is 35.0 Å². The van der Waals surface area contributed by atoms with Crippen molar-refractivity contribution in [2.45, 2.75) is 4.90 Å². The number of amides is 1. The Morgan fingerprint density at radius 1 is 1.44 bits per heavy atom. The summed E-state index contributed by atoms with van der Waals surface area (Å²) < 4.78 is 1.46. The van der Waals surface area contributed by atoms with Crippen LogP contribution in [0.4, 0.5) is 5.69 Å². The Kier molecular flexibility index (Phi) is 3.93. The summed E-state index contributed by atoms with van der Waals surface area (Å²) in [5, 5.41) is 7.12. The van der Waals surface area contributed by atoms with Crippen LogP contribution in [0.15, 0.2) is 35.4 Å². The zero-order chi connectivity index (χ0) is 13.1. The van der Waals surface area contributed by atoms with Crippen LogP contribution in [0.3, 0.4) is 0 Å². The molecule has 4 nitrogen and oxygen atoms in total. The lowest BCUT2D eigenvalue weighted by atomic mass is 10.3. The van der Waals surface area contributed by atoms with E-state index in [0.717, 1.165) is 10.6 Å². The highest BCUT2D eigenvalue weighted by molar-refractivity contribution is 7.98. The molecule has 0 atom stereocenters. The number of benzene rings is 1. The number of halogens is 1. The van der Waals surface area contributed by atoms with Crippen LogP contribution in [-0.2, 0) is 7.05 Å². The number of thioether (sulfide) groups is 1. The lowest BCUT2D eigenvalue weighted by Crippen LogP contribution is -2.17. The summed E-state index contributed by atoms with van der Waals surface area (Å²) in [4.78, 5) is 13.1. The van der Waals surface area contributed by atoms with Gasteiger partial charge in [-0.25, -0.2) is 0 Å². The van der Waals surface area contributed by atoms with Gasteiger partial charge in [-0.05, 0) is 18.4 Å². The molecule has 0 aliphatic rings. The predicted octanol–water partition coefficient (Wildman–Crippen LogP) is 3.05. The van der Waals surface area contributed by atoms with E-state index in [9.17, 15) is 4.79 Å². The van der Waals surface area contributed by atoms with Crippen molar-refractivity contribution in [2.75, 3.05) is 11.6 Å². The highest BCUT2D eigenvalue weighted by Gasteiger charge is 2.16. The summed E-state index contributed by atoms with van der Waals surface area (Å²) in [6, 6.07) is 7.61. The van der Waals surface area contributed by atoms with Crippen LogP contribution in [-0.4, -0.2) is 21.9 Å². The van der Waals surface area contributed by atoms with Gasteiger partial charge in [0.25, 0.3) is 5.91 Å². The van der Waals surface area contributed by atoms with Gasteiger partial charge < -0.3 is 5.32 Å². The molecule has 6 heteroatoms. The van der Waals surface area contributed by atoms with Gasteiger partial charge in [-0.3, -0.25) is 9.48 Å². The van der Waals surface area contributed by atoms with E-state index in [1.807, 2.05) is 30.5 Å². The normalized spacial score (nSPS) is 10.4. The molecule has 0 aliphatic carbocycles. The molecule has 2 rings (SSSR count). The molecule has 0 aliphatic heterocycles. The molecule has 0 saturated carbocycles. The fourth-order valence-corrected chi connectivity index (χ4v) is 2.40. The van der Waals surface area contributed by atoms with E-state index >= 15 is 0 Å². The van der Waals surface area contributed by atoms with Gasteiger partial charge in [0.15, 0.2) is 0 Å². The number of hydrogen-bond donors (Lipinski definition) is 1. The molecule has 0 bridgehead atoms. The molecule has 1 amide bonds. The molecule has 1 aromatic heterocycles. The Labute approximate surface area is 114 Å². The fourth-order valence-electron chi connectivity index (χ4n) is 1.60. The number of anilines is 1. The number of aromatic nitrogens is 2. The Balaban J connectivity index is 2.27. The summed E-state index contributed by atoms with van der Waals surface area (Å²) in [5.74, 6) is -0.262. The first-order valence-corrected chi connectivity index (χ1v) is 6.85. The number of nitrogens with zero attached hydrogens (tertiary/aromatic N) is 2. The van der Waals surface area contributed by atoms with E-state index in [1.165, 1.54) is 10.9 Å². The molecule has 0 radical (unpaired) electrons. The topological polar surface area (TPSA) is 46.9 Å². The highest BCUT2D eigenvalue weighted by atomic mass is 35.5. The van der Waals surface area contributed by atoms with Crippen molar-refractivity contribution < 1.29 is 4.79 Å². The van der Waals surface area contributed by atoms with Crippen LogP contribution < -0.4 is 5.32 Å². The van der Waals surface area contributed by atoms with E-state index in [4.69, 9.17) is 11.6 Å². The zero-order valence-corrected chi connectivity index (χ0v) is 11.5. The average Bonchev–Trinajstić information content (AvgIpc) is 2.69. The van der Waals surface area contributed by atoms with E-state index in [2.05, 4.69) is 10.4 Å². The van der Waals surface area contributed by atoms with Gasteiger partial charge in [0, 0.05) is 11.9 Å². The molecule has 18 heavy (non-hydrogen) atoms.